The third-order valence-corrected chi connectivity index (χ3v) is 2.07. The monoisotopic (exact) mass is 353 g/mol. The maximum Gasteiger partial charge on any atom is 0.238 e. The fourth-order valence-electron chi connectivity index (χ4n) is 0.549. The fourth-order valence-corrected chi connectivity index (χ4v) is 1.03. The molecule has 3 nitrogen and oxygen atoms in total. The third kappa shape index (κ3) is 2.03. The SMILES string of the molecule is I.O=C1CCC(=O)N1I. The zero-order chi connectivity index (χ0) is 6.15. The molecule has 0 aromatic heterocycles. The molecule has 0 aromatic rings. The minimum Gasteiger partial charge on any atom is -0.274 e. The average molecular weight is 353 g/mol. The van der Waals surface area contributed by atoms with Crippen LogP contribution in [-0.4, -0.2) is 14.9 Å². The van der Waals surface area contributed by atoms with Crippen molar-refractivity contribution in [3.63, 3.8) is 0 Å². The zero-order valence-corrected chi connectivity index (χ0v) is 8.95. The molecule has 0 aliphatic carbocycles. The van der Waals surface area contributed by atoms with Gasteiger partial charge in [-0.15, -0.1) is 24.0 Å². The van der Waals surface area contributed by atoms with E-state index in [0.29, 0.717) is 12.8 Å². The Morgan fingerprint density at radius 2 is 1.56 bits per heavy atom. The highest BCUT2D eigenvalue weighted by Crippen LogP contribution is 2.15. The molecule has 1 saturated heterocycles. The number of carbonyl (C=O) groups is 2. The van der Waals surface area contributed by atoms with Crippen LogP contribution in [0.5, 0.6) is 0 Å². The maximum atomic E-state index is 10.5. The summed E-state index contributed by atoms with van der Waals surface area (Å²) >= 11 is 1.72. The second kappa shape index (κ2) is 3.69. The van der Waals surface area contributed by atoms with Crippen molar-refractivity contribution in [1.82, 2.24) is 3.11 Å². The summed E-state index contributed by atoms with van der Waals surface area (Å²) in [5, 5.41) is 0. The predicted molar refractivity (Wildman–Crippen MR) is 50.5 cm³/mol. The van der Waals surface area contributed by atoms with E-state index in [4.69, 9.17) is 0 Å². The number of hydrogen-bond acceptors (Lipinski definition) is 2. The standard InChI is InChI=1S/C4H4INO2.HI/c5-6-3(7)1-2-4(6)8;/h1-2H2;1H. The summed E-state index contributed by atoms with van der Waals surface area (Å²) < 4.78 is 1.14. The van der Waals surface area contributed by atoms with Crippen molar-refractivity contribution in [2.75, 3.05) is 0 Å². The van der Waals surface area contributed by atoms with Crippen LogP contribution < -0.4 is 0 Å². The quantitative estimate of drug-likeness (QED) is 0.372. The summed E-state index contributed by atoms with van der Waals surface area (Å²) in [4.78, 5) is 21.0. The Labute approximate surface area is 83.7 Å². The Morgan fingerprint density at radius 1 is 1.22 bits per heavy atom. The molecule has 1 aliphatic rings. The van der Waals surface area contributed by atoms with E-state index in [2.05, 4.69) is 0 Å². The van der Waals surface area contributed by atoms with Gasteiger partial charge in [0.05, 0.1) is 22.9 Å². The minimum absolute atomic E-state index is 0. The Bertz CT molecular complexity index is 132. The van der Waals surface area contributed by atoms with Crippen LogP contribution in [-0.2, 0) is 9.59 Å². The molecule has 0 atom stereocenters. The van der Waals surface area contributed by atoms with Gasteiger partial charge in [0, 0.05) is 12.8 Å². The van der Waals surface area contributed by atoms with E-state index < -0.39 is 0 Å². The van der Waals surface area contributed by atoms with Crippen LogP contribution in [0.25, 0.3) is 0 Å². The summed E-state index contributed by atoms with van der Waals surface area (Å²) in [7, 11) is 0. The summed E-state index contributed by atoms with van der Waals surface area (Å²) in [5.41, 5.74) is 0. The fraction of sp³-hybridized carbons (Fsp3) is 0.500. The van der Waals surface area contributed by atoms with Crippen molar-refractivity contribution in [2.24, 2.45) is 0 Å². The highest BCUT2D eigenvalue weighted by molar-refractivity contribution is 14.1. The summed E-state index contributed by atoms with van der Waals surface area (Å²) in [5.74, 6) is -0.147. The Morgan fingerprint density at radius 3 is 1.67 bits per heavy atom. The molecule has 52 valence electrons. The molecule has 9 heavy (non-hydrogen) atoms. The van der Waals surface area contributed by atoms with Crippen LogP contribution in [0.3, 0.4) is 0 Å². The second-order valence-corrected chi connectivity index (χ2v) is 2.53. The first kappa shape index (κ1) is 9.60. The minimum atomic E-state index is -0.0735. The highest BCUT2D eigenvalue weighted by Gasteiger charge is 2.26. The lowest BCUT2D eigenvalue weighted by atomic mass is 10.4. The van der Waals surface area contributed by atoms with Gasteiger partial charge < -0.3 is 0 Å². The number of carbonyl (C=O) groups excluding carboxylic acids is 2. The van der Waals surface area contributed by atoms with E-state index >= 15 is 0 Å². The van der Waals surface area contributed by atoms with E-state index in [0.717, 1.165) is 3.11 Å². The molecular weight excluding hydrogens is 348 g/mol. The number of nitrogens with zero attached hydrogens (tertiary/aromatic N) is 1. The number of imide groups is 1. The molecule has 0 N–H and O–H groups in total. The molecule has 0 spiro atoms. The van der Waals surface area contributed by atoms with Crippen LogP contribution in [0.15, 0.2) is 0 Å². The van der Waals surface area contributed by atoms with Crippen molar-refractivity contribution in [3.8, 4) is 0 Å². The first-order chi connectivity index (χ1) is 3.72. The van der Waals surface area contributed by atoms with E-state index in [1.807, 2.05) is 0 Å². The molecule has 1 rings (SSSR count). The normalized spacial score (nSPS) is 18.1. The lowest BCUT2D eigenvalue weighted by Crippen LogP contribution is -2.16. The van der Waals surface area contributed by atoms with Gasteiger partial charge in [0.2, 0.25) is 11.8 Å². The Hall–Kier alpha value is 0.600. The van der Waals surface area contributed by atoms with Gasteiger partial charge in [0.1, 0.15) is 0 Å². The number of halogens is 2. The van der Waals surface area contributed by atoms with Crippen molar-refractivity contribution in [1.29, 1.82) is 0 Å². The van der Waals surface area contributed by atoms with Crippen molar-refractivity contribution < 1.29 is 9.59 Å². The van der Waals surface area contributed by atoms with Crippen LogP contribution in [0, 0.1) is 0 Å². The molecule has 1 aliphatic heterocycles. The van der Waals surface area contributed by atoms with Gasteiger partial charge in [-0.25, -0.2) is 3.11 Å². The lowest BCUT2D eigenvalue weighted by Gasteiger charge is -1.97. The third-order valence-electron chi connectivity index (χ3n) is 0.991. The first-order valence-corrected chi connectivity index (χ1v) is 3.20. The molecule has 0 saturated carbocycles. The molecule has 2 amide bonds. The van der Waals surface area contributed by atoms with E-state index in [-0.39, 0.29) is 35.8 Å². The van der Waals surface area contributed by atoms with Crippen molar-refractivity contribution >= 4 is 58.7 Å². The van der Waals surface area contributed by atoms with Crippen LogP contribution in [0.4, 0.5) is 0 Å². The predicted octanol–water partition coefficient (Wildman–Crippen LogP) is 1.10. The van der Waals surface area contributed by atoms with Gasteiger partial charge in [-0.1, -0.05) is 0 Å². The van der Waals surface area contributed by atoms with Gasteiger partial charge in [0.15, 0.2) is 0 Å². The van der Waals surface area contributed by atoms with Gasteiger partial charge in [-0.2, -0.15) is 0 Å². The van der Waals surface area contributed by atoms with Crippen LogP contribution in [0.2, 0.25) is 0 Å². The largest absolute Gasteiger partial charge is 0.274 e. The first-order valence-electron chi connectivity index (χ1n) is 2.23. The molecule has 0 unspecified atom stereocenters. The van der Waals surface area contributed by atoms with E-state index in [1.54, 1.807) is 22.9 Å². The number of rotatable bonds is 0. The lowest BCUT2D eigenvalue weighted by molar-refractivity contribution is -0.130. The summed E-state index contributed by atoms with van der Waals surface area (Å²) in [6.45, 7) is 0. The van der Waals surface area contributed by atoms with Crippen LogP contribution >= 0.6 is 46.8 Å². The zero-order valence-electron chi connectivity index (χ0n) is 4.46. The molecule has 0 bridgehead atoms. The number of hydrogen-bond donors (Lipinski definition) is 0. The average Bonchev–Trinajstić information content (AvgIpc) is 1.98. The number of amides is 2. The van der Waals surface area contributed by atoms with E-state index in [1.165, 1.54) is 0 Å². The van der Waals surface area contributed by atoms with Crippen molar-refractivity contribution in [3.05, 3.63) is 0 Å². The molecule has 0 radical (unpaired) electrons. The maximum absolute atomic E-state index is 10.5. The molecule has 1 fully saturated rings. The Kier molecular flexibility index (Phi) is 3.94. The summed E-state index contributed by atoms with van der Waals surface area (Å²) in [6, 6.07) is 0. The molecule has 0 aromatic carbocycles. The highest BCUT2D eigenvalue weighted by atomic mass is 127. The topological polar surface area (TPSA) is 37.4 Å². The smallest absolute Gasteiger partial charge is 0.238 e. The Balaban J connectivity index is 0.000000640. The van der Waals surface area contributed by atoms with Gasteiger partial charge >= 0.3 is 0 Å². The van der Waals surface area contributed by atoms with E-state index in [9.17, 15) is 9.59 Å². The second-order valence-electron chi connectivity index (χ2n) is 1.57. The van der Waals surface area contributed by atoms with Crippen LogP contribution in [0.1, 0.15) is 12.8 Å². The van der Waals surface area contributed by atoms with Gasteiger partial charge in [-0.3, -0.25) is 9.59 Å². The summed E-state index contributed by atoms with van der Waals surface area (Å²) in [6.07, 6.45) is 0.781. The van der Waals surface area contributed by atoms with Crippen molar-refractivity contribution in [2.45, 2.75) is 12.8 Å². The van der Waals surface area contributed by atoms with Gasteiger partial charge in [0.25, 0.3) is 0 Å². The molecule has 1 heterocycles. The molecule has 5 heteroatoms. The van der Waals surface area contributed by atoms with Gasteiger partial charge in [-0.05, 0) is 0 Å². The molecular formula is C4H5I2NO2.